The Labute approximate surface area is 202 Å². The van der Waals surface area contributed by atoms with Gasteiger partial charge in [0.2, 0.25) is 5.95 Å². The number of ether oxygens (including phenoxy) is 4. The van der Waals surface area contributed by atoms with Gasteiger partial charge in [0.15, 0.2) is 35.7 Å². The molecule has 194 valence electrons. The third-order valence-corrected chi connectivity index (χ3v) is 5.52. The summed E-state index contributed by atoms with van der Waals surface area (Å²) in [5, 5.41) is 2.87. The van der Waals surface area contributed by atoms with E-state index in [0.717, 1.165) is 0 Å². The number of nitrogens with zero attached hydrogens (tertiary/aromatic N) is 4. The van der Waals surface area contributed by atoms with Gasteiger partial charge in [-0.1, -0.05) is 13.8 Å². The molecule has 0 saturated carbocycles. The summed E-state index contributed by atoms with van der Waals surface area (Å²) in [6, 6.07) is 0. The smallest absolute Gasteiger partial charge is 0.313 e. The van der Waals surface area contributed by atoms with E-state index in [2.05, 4.69) is 20.3 Å². The Morgan fingerprint density at radius 3 is 2.60 bits per heavy atom. The minimum Gasteiger partial charge on any atom is -0.463 e. The summed E-state index contributed by atoms with van der Waals surface area (Å²) < 4.78 is 39.8. The topological polar surface area (TPSA) is 153 Å². The van der Waals surface area contributed by atoms with E-state index in [1.165, 1.54) is 17.8 Å². The van der Waals surface area contributed by atoms with E-state index in [1.807, 2.05) is 0 Å². The molecule has 3 heterocycles. The number of esters is 2. The highest BCUT2D eigenvalue weighted by Gasteiger charge is 2.57. The molecule has 0 aromatic carbocycles. The first kappa shape index (κ1) is 26.5. The quantitative estimate of drug-likeness (QED) is 0.408. The van der Waals surface area contributed by atoms with E-state index >= 15 is 4.39 Å². The number of hydrogen-bond acceptors (Lipinski definition) is 11. The lowest BCUT2D eigenvalue weighted by atomic mass is 9.97. The van der Waals surface area contributed by atoms with E-state index in [9.17, 15) is 9.59 Å². The number of nitrogen functional groups attached to an aromatic ring is 1. The van der Waals surface area contributed by atoms with Crippen molar-refractivity contribution in [2.45, 2.75) is 65.6 Å². The summed E-state index contributed by atoms with van der Waals surface area (Å²) in [6.07, 6.45) is -2.16. The zero-order valence-electron chi connectivity index (χ0n) is 21.0. The highest BCUT2D eigenvalue weighted by atomic mass is 19.1. The Hall–Kier alpha value is -3.06. The molecule has 0 bridgehead atoms. The molecule has 35 heavy (non-hydrogen) atoms. The highest BCUT2D eigenvalue weighted by molar-refractivity contribution is 5.84. The number of nitrogens with two attached hydrogens (primary N) is 1. The van der Waals surface area contributed by atoms with Crippen molar-refractivity contribution in [1.82, 2.24) is 19.5 Å². The number of halogens is 1. The molecular weight excluding hydrogens is 463 g/mol. The second kappa shape index (κ2) is 9.90. The van der Waals surface area contributed by atoms with Crippen molar-refractivity contribution < 1.29 is 32.9 Å². The number of alkyl halides is 1. The molecule has 1 fully saturated rings. The molecule has 1 aliphatic rings. The van der Waals surface area contributed by atoms with Crippen LogP contribution in [0.2, 0.25) is 0 Å². The van der Waals surface area contributed by atoms with Gasteiger partial charge in [-0.05, 0) is 27.7 Å². The standard InChI is InChI=1S/C22H33FN6O6/c1-11(2)17(30)32-8-12-14(33-10-34-19(31)21(3,4)5)22(6,23)18(35-12)29-9-26-13-15(25-7)27-20(24)28-16(13)29/h9,11-12,14,18H,8,10H2,1-7H3,(H3,24,25,27,28)/t12-,14-,18-,22-/m1/s1. The fourth-order valence-corrected chi connectivity index (χ4v) is 3.60. The Bertz CT molecular complexity index is 1080. The Morgan fingerprint density at radius 2 is 2.00 bits per heavy atom. The van der Waals surface area contributed by atoms with Crippen LogP contribution in [0.5, 0.6) is 0 Å². The fourth-order valence-electron chi connectivity index (χ4n) is 3.60. The average molecular weight is 497 g/mol. The van der Waals surface area contributed by atoms with Crippen LogP contribution in [0.25, 0.3) is 11.2 Å². The van der Waals surface area contributed by atoms with Crippen molar-refractivity contribution in [2.75, 3.05) is 31.5 Å². The van der Waals surface area contributed by atoms with Crippen LogP contribution in [0, 0.1) is 11.3 Å². The summed E-state index contributed by atoms with van der Waals surface area (Å²) in [6.45, 7) is 8.94. The van der Waals surface area contributed by atoms with Gasteiger partial charge in [-0.15, -0.1) is 0 Å². The summed E-state index contributed by atoms with van der Waals surface area (Å²) in [7, 11) is 1.65. The normalized spacial score (nSPS) is 24.7. The number of nitrogens with one attached hydrogen (secondary N) is 1. The molecule has 0 amide bonds. The van der Waals surface area contributed by atoms with Crippen LogP contribution in [0.1, 0.15) is 47.8 Å². The summed E-state index contributed by atoms with van der Waals surface area (Å²) >= 11 is 0. The minimum absolute atomic E-state index is 0.0357. The Kier molecular flexibility index (Phi) is 7.50. The van der Waals surface area contributed by atoms with Crippen molar-refractivity contribution in [3.63, 3.8) is 0 Å². The van der Waals surface area contributed by atoms with Crippen LogP contribution in [0.4, 0.5) is 16.2 Å². The van der Waals surface area contributed by atoms with E-state index in [-0.39, 0.29) is 24.1 Å². The van der Waals surface area contributed by atoms with E-state index in [4.69, 9.17) is 24.7 Å². The number of anilines is 2. The first-order valence-corrected chi connectivity index (χ1v) is 11.2. The lowest BCUT2D eigenvalue weighted by Crippen LogP contribution is -2.44. The van der Waals surface area contributed by atoms with E-state index in [1.54, 1.807) is 41.7 Å². The Balaban J connectivity index is 1.90. The van der Waals surface area contributed by atoms with Crippen molar-refractivity contribution >= 4 is 34.9 Å². The maximum absolute atomic E-state index is 16.3. The van der Waals surface area contributed by atoms with Gasteiger partial charge in [0.1, 0.15) is 18.8 Å². The predicted molar refractivity (Wildman–Crippen MR) is 124 cm³/mol. The second-order valence-electron chi connectivity index (χ2n) is 9.85. The predicted octanol–water partition coefficient (Wildman–Crippen LogP) is 2.21. The number of hydrogen-bond donors (Lipinski definition) is 2. The maximum Gasteiger partial charge on any atom is 0.313 e. The number of rotatable bonds is 8. The van der Waals surface area contributed by atoms with Gasteiger partial charge in [0, 0.05) is 7.05 Å². The molecule has 1 saturated heterocycles. The number of imidazole rings is 1. The van der Waals surface area contributed by atoms with E-state index < -0.39 is 48.3 Å². The van der Waals surface area contributed by atoms with Crippen molar-refractivity contribution in [3.05, 3.63) is 6.33 Å². The van der Waals surface area contributed by atoms with Gasteiger partial charge in [-0.25, -0.2) is 9.37 Å². The lowest BCUT2D eigenvalue weighted by Gasteiger charge is -2.28. The van der Waals surface area contributed by atoms with Gasteiger partial charge in [-0.2, -0.15) is 9.97 Å². The highest BCUT2D eigenvalue weighted by Crippen LogP contribution is 2.44. The summed E-state index contributed by atoms with van der Waals surface area (Å²) in [5.41, 5.74) is 3.50. The molecule has 13 heteroatoms. The third-order valence-electron chi connectivity index (χ3n) is 5.52. The molecule has 3 N–H and O–H groups in total. The molecule has 2 aromatic heterocycles. The SMILES string of the molecule is CNc1nc(N)nc2c1ncn2[C@@H]1O[C@H](COC(=O)C(C)C)[C@@H](OCOC(=O)C(C)(C)C)[C@@]1(C)F. The van der Waals surface area contributed by atoms with Crippen molar-refractivity contribution in [2.24, 2.45) is 11.3 Å². The molecule has 12 nitrogen and oxygen atoms in total. The maximum atomic E-state index is 16.3. The monoisotopic (exact) mass is 496 g/mol. The van der Waals surface area contributed by atoms with Crippen LogP contribution in [-0.4, -0.2) is 69.8 Å². The van der Waals surface area contributed by atoms with Crippen LogP contribution in [-0.2, 0) is 28.5 Å². The molecule has 1 aliphatic heterocycles. The van der Waals surface area contributed by atoms with Crippen LogP contribution in [0.15, 0.2) is 6.33 Å². The number of carbonyl (C=O) groups is 2. The van der Waals surface area contributed by atoms with Crippen molar-refractivity contribution in [3.8, 4) is 0 Å². The van der Waals surface area contributed by atoms with E-state index in [0.29, 0.717) is 11.3 Å². The molecule has 3 rings (SSSR count). The number of aromatic nitrogens is 4. The average Bonchev–Trinajstić information content (AvgIpc) is 3.28. The first-order chi connectivity index (χ1) is 16.3. The summed E-state index contributed by atoms with van der Waals surface area (Å²) in [4.78, 5) is 36.7. The largest absolute Gasteiger partial charge is 0.463 e. The molecule has 0 aliphatic carbocycles. The van der Waals surface area contributed by atoms with Crippen LogP contribution < -0.4 is 11.1 Å². The molecule has 0 spiro atoms. The van der Waals surface area contributed by atoms with Crippen molar-refractivity contribution in [1.29, 1.82) is 0 Å². The first-order valence-electron chi connectivity index (χ1n) is 11.2. The zero-order chi connectivity index (χ0) is 26.1. The Morgan fingerprint density at radius 1 is 1.31 bits per heavy atom. The molecule has 0 unspecified atom stereocenters. The van der Waals surface area contributed by atoms with Gasteiger partial charge in [-0.3, -0.25) is 14.2 Å². The van der Waals surface area contributed by atoms with Gasteiger partial charge >= 0.3 is 11.9 Å². The third kappa shape index (κ3) is 5.45. The van der Waals surface area contributed by atoms with Gasteiger partial charge < -0.3 is 30.0 Å². The van der Waals surface area contributed by atoms with Gasteiger partial charge in [0.05, 0.1) is 17.7 Å². The summed E-state index contributed by atoms with van der Waals surface area (Å²) in [5.74, 6) is -1.03. The molecular formula is C22H33FN6O6. The molecule has 0 radical (unpaired) electrons. The fraction of sp³-hybridized carbons (Fsp3) is 0.682. The lowest BCUT2D eigenvalue weighted by molar-refractivity contribution is -0.180. The van der Waals surface area contributed by atoms with Crippen LogP contribution in [0.3, 0.4) is 0 Å². The zero-order valence-corrected chi connectivity index (χ0v) is 21.0. The van der Waals surface area contributed by atoms with Crippen LogP contribution >= 0.6 is 0 Å². The molecule has 2 aromatic rings. The number of fused-ring (bicyclic) bond motifs is 1. The minimum atomic E-state index is -2.17. The van der Waals surface area contributed by atoms with Gasteiger partial charge in [0.25, 0.3) is 0 Å². The second-order valence-corrected chi connectivity index (χ2v) is 9.85. The number of carbonyl (C=O) groups excluding carboxylic acids is 2. The molecule has 4 atom stereocenters.